The predicted molar refractivity (Wildman–Crippen MR) is 105 cm³/mol. The number of ether oxygens (including phenoxy) is 1. The minimum Gasteiger partial charge on any atom is -0.452 e. The number of rotatable bonds is 8. The maximum absolute atomic E-state index is 12.6. The average molecular weight is 426 g/mol. The summed E-state index contributed by atoms with van der Waals surface area (Å²) in [5.74, 6) is -1.42. The summed E-state index contributed by atoms with van der Waals surface area (Å²) < 4.78 is 31.4. The zero-order chi connectivity index (χ0) is 20.7. The van der Waals surface area contributed by atoms with Crippen molar-refractivity contribution < 1.29 is 22.7 Å². The number of pyridine rings is 1. The summed E-state index contributed by atoms with van der Waals surface area (Å²) in [4.78, 5) is 27.9. The summed E-state index contributed by atoms with van der Waals surface area (Å²) in [6.07, 6.45) is 1.47. The Kier molecular flexibility index (Phi) is 7.50. The molecule has 0 saturated heterocycles. The fraction of sp³-hybridized carbons (Fsp3) is 0.278. The summed E-state index contributed by atoms with van der Waals surface area (Å²) in [5, 5.41) is 2.58. The third-order valence-electron chi connectivity index (χ3n) is 3.78. The Morgan fingerprint density at radius 3 is 2.54 bits per heavy atom. The van der Waals surface area contributed by atoms with Crippen LogP contribution in [0.2, 0.25) is 5.15 Å². The van der Waals surface area contributed by atoms with Crippen molar-refractivity contribution >= 4 is 39.2 Å². The number of nitrogens with one attached hydrogen (secondary N) is 1. The summed E-state index contributed by atoms with van der Waals surface area (Å²) >= 11 is 5.84. The second-order valence-electron chi connectivity index (χ2n) is 5.58. The molecule has 1 N–H and O–H groups in total. The molecule has 0 atom stereocenters. The lowest BCUT2D eigenvalue weighted by Crippen LogP contribution is -2.30. The van der Waals surface area contributed by atoms with Crippen LogP contribution in [0.15, 0.2) is 47.5 Å². The molecule has 1 heterocycles. The molecule has 1 amide bonds. The van der Waals surface area contributed by atoms with Crippen LogP contribution >= 0.6 is 11.6 Å². The van der Waals surface area contributed by atoms with Gasteiger partial charge in [0.15, 0.2) is 11.8 Å². The van der Waals surface area contributed by atoms with E-state index in [0.717, 1.165) is 0 Å². The normalized spacial score (nSPS) is 11.3. The van der Waals surface area contributed by atoms with E-state index in [0.29, 0.717) is 13.1 Å². The van der Waals surface area contributed by atoms with Crippen LogP contribution in [0.4, 0.5) is 5.69 Å². The average Bonchev–Trinajstić information content (AvgIpc) is 2.68. The van der Waals surface area contributed by atoms with E-state index in [1.807, 2.05) is 0 Å². The first-order valence-electron chi connectivity index (χ1n) is 8.47. The number of esters is 1. The van der Waals surface area contributed by atoms with Gasteiger partial charge in [-0.3, -0.25) is 4.79 Å². The van der Waals surface area contributed by atoms with Gasteiger partial charge < -0.3 is 10.1 Å². The highest BCUT2D eigenvalue weighted by molar-refractivity contribution is 7.89. The van der Waals surface area contributed by atoms with Crippen LogP contribution in [-0.2, 0) is 19.6 Å². The molecule has 0 aliphatic carbocycles. The van der Waals surface area contributed by atoms with E-state index in [9.17, 15) is 18.0 Å². The second-order valence-corrected chi connectivity index (χ2v) is 7.88. The minimum absolute atomic E-state index is 0.0164. The maximum atomic E-state index is 12.6. The Labute approximate surface area is 168 Å². The molecule has 1 aromatic heterocycles. The number of benzene rings is 1. The number of hydrogen-bond acceptors (Lipinski definition) is 6. The van der Waals surface area contributed by atoms with Crippen LogP contribution in [0.25, 0.3) is 0 Å². The number of amides is 1. The van der Waals surface area contributed by atoms with Gasteiger partial charge in [0.1, 0.15) is 0 Å². The molecule has 0 bridgehead atoms. The zero-order valence-electron chi connectivity index (χ0n) is 15.4. The van der Waals surface area contributed by atoms with Crippen molar-refractivity contribution in [1.29, 1.82) is 0 Å². The number of nitrogens with zero attached hydrogens (tertiary/aromatic N) is 2. The molecule has 0 saturated carbocycles. The Balaban J connectivity index is 2.05. The van der Waals surface area contributed by atoms with Gasteiger partial charge in [-0.15, -0.1) is 0 Å². The van der Waals surface area contributed by atoms with E-state index in [2.05, 4.69) is 10.3 Å². The number of anilines is 1. The zero-order valence-corrected chi connectivity index (χ0v) is 17.0. The van der Waals surface area contributed by atoms with E-state index < -0.39 is 28.5 Å². The molecule has 8 nitrogen and oxygen atoms in total. The fourth-order valence-corrected chi connectivity index (χ4v) is 4.05. The quantitative estimate of drug-likeness (QED) is 0.514. The molecule has 1 aromatic carbocycles. The molecule has 10 heteroatoms. The van der Waals surface area contributed by atoms with E-state index >= 15 is 0 Å². The lowest BCUT2D eigenvalue weighted by Gasteiger charge is -2.18. The Morgan fingerprint density at radius 2 is 1.89 bits per heavy atom. The molecule has 0 radical (unpaired) electrons. The Morgan fingerprint density at radius 1 is 1.18 bits per heavy atom. The van der Waals surface area contributed by atoms with Crippen LogP contribution in [0, 0.1) is 0 Å². The van der Waals surface area contributed by atoms with E-state index in [1.54, 1.807) is 26.0 Å². The summed E-state index contributed by atoms with van der Waals surface area (Å²) in [5.41, 5.74) is 0.318. The highest BCUT2D eigenvalue weighted by Crippen LogP contribution is 2.18. The highest BCUT2D eigenvalue weighted by atomic mass is 35.5. The molecule has 0 spiro atoms. The van der Waals surface area contributed by atoms with Crippen molar-refractivity contribution in [2.75, 3.05) is 25.0 Å². The van der Waals surface area contributed by atoms with Crippen molar-refractivity contribution in [1.82, 2.24) is 9.29 Å². The van der Waals surface area contributed by atoms with Crippen LogP contribution < -0.4 is 5.32 Å². The van der Waals surface area contributed by atoms with E-state index in [-0.39, 0.29) is 21.3 Å². The number of aromatic nitrogens is 1. The minimum atomic E-state index is -3.71. The first kappa shape index (κ1) is 21.8. The largest absolute Gasteiger partial charge is 0.452 e. The fourth-order valence-electron chi connectivity index (χ4n) is 2.38. The SMILES string of the molecule is CCN(CC)S(=O)(=O)c1cccc(C(=O)OCC(=O)Nc2cccnc2Cl)c1. The van der Waals surface area contributed by atoms with Crippen LogP contribution in [0.3, 0.4) is 0 Å². The summed E-state index contributed by atoms with van der Waals surface area (Å²) in [6, 6.07) is 8.64. The van der Waals surface area contributed by atoms with Crippen molar-refractivity contribution in [3.63, 3.8) is 0 Å². The smallest absolute Gasteiger partial charge is 0.338 e. The molecule has 2 rings (SSSR count). The maximum Gasteiger partial charge on any atom is 0.338 e. The number of carbonyl (C=O) groups excluding carboxylic acids is 2. The monoisotopic (exact) mass is 425 g/mol. The third-order valence-corrected chi connectivity index (χ3v) is 6.13. The van der Waals surface area contributed by atoms with Gasteiger partial charge in [0.05, 0.1) is 16.1 Å². The highest BCUT2D eigenvalue weighted by Gasteiger charge is 2.23. The van der Waals surface area contributed by atoms with Gasteiger partial charge in [-0.25, -0.2) is 18.2 Å². The number of sulfonamides is 1. The molecule has 150 valence electrons. The van der Waals surface area contributed by atoms with Gasteiger partial charge >= 0.3 is 5.97 Å². The standard InChI is InChI=1S/C18H20ClN3O5S/c1-3-22(4-2)28(25,26)14-8-5-7-13(11-14)18(24)27-12-16(23)21-15-9-6-10-20-17(15)19/h5-11H,3-4,12H2,1-2H3,(H,21,23). The Bertz CT molecular complexity index is 961. The molecule has 0 aliphatic rings. The molecular formula is C18H20ClN3O5S. The molecule has 2 aromatic rings. The summed E-state index contributed by atoms with van der Waals surface area (Å²) in [7, 11) is -3.71. The van der Waals surface area contributed by atoms with Crippen molar-refractivity contribution in [2.45, 2.75) is 18.7 Å². The molecular weight excluding hydrogens is 406 g/mol. The lowest BCUT2D eigenvalue weighted by atomic mass is 10.2. The predicted octanol–water partition coefficient (Wildman–Crippen LogP) is 2.56. The lowest BCUT2D eigenvalue weighted by molar-refractivity contribution is -0.119. The first-order chi connectivity index (χ1) is 13.3. The van der Waals surface area contributed by atoms with Gasteiger partial charge in [-0.2, -0.15) is 4.31 Å². The van der Waals surface area contributed by atoms with Crippen LogP contribution in [-0.4, -0.2) is 49.3 Å². The van der Waals surface area contributed by atoms with Crippen LogP contribution in [0.1, 0.15) is 24.2 Å². The van der Waals surface area contributed by atoms with Gasteiger partial charge in [-0.05, 0) is 30.3 Å². The Hall–Kier alpha value is -2.49. The van der Waals surface area contributed by atoms with E-state index in [4.69, 9.17) is 16.3 Å². The van der Waals surface area contributed by atoms with Gasteiger partial charge in [0, 0.05) is 19.3 Å². The van der Waals surface area contributed by atoms with Crippen molar-refractivity contribution in [3.8, 4) is 0 Å². The van der Waals surface area contributed by atoms with Crippen LogP contribution in [0.5, 0.6) is 0 Å². The summed E-state index contributed by atoms with van der Waals surface area (Å²) in [6.45, 7) is 3.52. The molecule has 0 aliphatic heterocycles. The van der Waals surface area contributed by atoms with Gasteiger partial charge in [0.2, 0.25) is 10.0 Å². The first-order valence-corrected chi connectivity index (χ1v) is 10.3. The van der Waals surface area contributed by atoms with Gasteiger partial charge in [-0.1, -0.05) is 31.5 Å². The topological polar surface area (TPSA) is 106 Å². The molecule has 0 unspecified atom stereocenters. The third kappa shape index (κ3) is 5.28. The number of carbonyl (C=O) groups is 2. The molecule has 28 heavy (non-hydrogen) atoms. The van der Waals surface area contributed by atoms with Crippen molar-refractivity contribution in [2.24, 2.45) is 0 Å². The number of hydrogen-bond donors (Lipinski definition) is 1. The second kappa shape index (κ2) is 9.63. The number of halogens is 1. The van der Waals surface area contributed by atoms with Crippen molar-refractivity contribution in [3.05, 3.63) is 53.3 Å². The van der Waals surface area contributed by atoms with E-state index in [1.165, 1.54) is 34.8 Å². The van der Waals surface area contributed by atoms with Gasteiger partial charge in [0.25, 0.3) is 5.91 Å². The molecule has 0 fully saturated rings.